The molecular formula is C10H20N2O2. The molecule has 2 N–H and O–H groups in total. The van der Waals surface area contributed by atoms with Crippen LogP contribution in [0.4, 0.5) is 0 Å². The van der Waals surface area contributed by atoms with Gasteiger partial charge in [0, 0.05) is 26.8 Å². The van der Waals surface area contributed by atoms with Crippen molar-refractivity contribution in [1.29, 1.82) is 0 Å². The zero-order chi connectivity index (χ0) is 10.6. The first-order valence-corrected chi connectivity index (χ1v) is 5.18. The van der Waals surface area contributed by atoms with Crippen LogP contribution in [0.3, 0.4) is 0 Å². The highest BCUT2D eigenvalue weighted by atomic mass is 16.5. The highest BCUT2D eigenvalue weighted by Crippen LogP contribution is 2.15. The van der Waals surface area contributed by atoms with Gasteiger partial charge in [-0.05, 0) is 18.8 Å². The Bertz CT molecular complexity index is 197. The van der Waals surface area contributed by atoms with Crippen molar-refractivity contribution >= 4 is 5.91 Å². The summed E-state index contributed by atoms with van der Waals surface area (Å²) in [5.74, 6) is 0.694. The molecule has 0 radical (unpaired) electrons. The molecule has 1 aliphatic heterocycles. The van der Waals surface area contributed by atoms with Crippen molar-refractivity contribution in [1.82, 2.24) is 4.90 Å². The maximum absolute atomic E-state index is 11.7. The molecule has 1 rings (SSSR count). The van der Waals surface area contributed by atoms with Crippen LogP contribution in [0, 0.1) is 5.92 Å². The summed E-state index contributed by atoms with van der Waals surface area (Å²) in [5, 5.41) is 0. The number of ether oxygens (including phenoxy) is 1. The van der Waals surface area contributed by atoms with Crippen molar-refractivity contribution in [3.8, 4) is 0 Å². The van der Waals surface area contributed by atoms with Crippen molar-refractivity contribution in [2.45, 2.75) is 25.8 Å². The van der Waals surface area contributed by atoms with E-state index in [1.807, 2.05) is 4.90 Å². The summed E-state index contributed by atoms with van der Waals surface area (Å²) in [6, 6.07) is -0.389. The fraction of sp³-hybridized carbons (Fsp3) is 0.900. The normalized spacial score (nSPS) is 23.9. The minimum Gasteiger partial charge on any atom is -0.385 e. The lowest BCUT2D eigenvalue weighted by atomic mass is 10.2. The topological polar surface area (TPSA) is 55.6 Å². The SMILES string of the molecule is COCCC(N)C(=O)N1CCC(C)C1. The molecule has 4 nitrogen and oxygen atoms in total. The van der Waals surface area contributed by atoms with E-state index in [0.717, 1.165) is 19.5 Å². The van der Waals surface area contributed by atoms with Gasteiger partial charge in [-0.25, -0.2) is 0 Å². The maximum Gasteiger partial charge on any atom is 0.239 e. The molecule has 14 heavy (non-hydrogen) atoms. The van der Waals surface area contributed by atoms with E-state index in [1.165, 1.54) is 0 Å². The first-order valence-electron chi connectivity index (χ1n) is 5.18. The van der Waals surface area contributed by atoms with E-state index in [9.17, 15) is 4.79 Å². The summed E-state index contributed by atoms with van der Waals surface area (Å²) in [6.07, 6.45) is 1.71. The number of rotatable bonds is 4. The Balaban J connectivity index is 2.32. The minimum atomic E-state index is -0.389. The van der Waals surface area contributed by atoms with Gasteiger partial charge in [0.2, 0.25) is 5.91 Å². The van der Waals surface area contributed by atoms with Crippen LogP contribution in [0.1, 0.15) is 19.8 Å². The Labute approximate surface area is 85.4 Å². The Morgan fingerprint density at radius 1 is 1.71 bits per heavy atom. The summed E-state index contributed by atoms with van der Waals surface area (Å²) >= 11 is 0. The average molecular weight is 200 g/mol. The number of carbonyl (C=O) groups is 1. The second-order valence-corrected chi connectivity index (χ2v) is 4.07. The fourth-order valence-electron chi connectivity index (χ4n) is 1.74. The first-order chi connectivity index (χ1) is 6.65. The smallest absolute Gasteiger partial charge is 0.239 e. The number of likely N-dealkylation sites (tertiary alicyclic amines) is 1. The molecule has 82 valence electrons. The van der Waals surface area contributed by atoms with Crippen LogP contribution in [-0.4, -0.2) is 43.7 Å². The Kier molecular flexibility index (Phi) is 4.35. The quantitative estimate of drug-likeness (QED) is 0.706. The third kappa shape index (κ3) is 2.96. The molecule has 0 aromatic heterocycles. The summed E-state index contributed by atoms with van der Waals surface area (Å²) in [5.41, 5.74) is 5.76. The molecule has 0 aromatic rings. The summed E-state index contributed by atoms with van der Waals surface area (Å²) in [7, 11) is 1.62. The van der Waals surface area contributed by atoms with Crippen molar-refractivity contribution in [2.24, 2.45) is 11.7 Å². The Hall–Kier alpha value is -0.610. The van der Waals surface area contributed by atoms with Gasteiger partial charge in [0.1, 0.15) is 0 Å². The number of nitrogens with two attached hydrogens (primary N) is 1. The van der Waals surface area contributed by atoms with Gasteiger partial charge >= 0.3 is 0 Å². The number of carbonyl (C=O) groups excluding carboxylic acids is 1. The number of amides is 1. The summed E-state index contributed by atoms with van der Waals surface area (Å²) in [4.78, 5) is 13.6. The van der Waals surface area contributed by atoms with Gasteiger partial charge in [0.05, 0.1) is 6.04 Å². The standard InChI is InChI=1S/C10H20N2O2/c1-8-3-5-12(7-8)10(13)9(11)4-6-14-2/h8-9H,3-7,11H2,1-2H3. The number of nitrogens with zero attached hydrogens (tertiary/aromatic N) is 1. The van der Waals surface area contributed by atoms with Gasteiger partial charge in [-0.2, -0.15) is 0 Å². The van der Waals surface area contributed by atoms with Crippen molar-refractivity contribution in [2.75, 3.05) is 26.8 Å². The molecule has 1 aliphatic rings. The lowest BCUT2D eigenvalue weighted by Gasteiger charge is -2.20. The number of methoxy groups -OCH3 is 1. The zero-order valence-electron chi connectivity index (χ0n) is 9.03. The largest absolute Gasteiger partial charge is 0.385 e. The molecule has 1 heterocycles. The van der Waals surface area contributed by atoms with Crippen LogP contribution in [0.5, 0.6) is 0 Å². The van der Waals surface area contributed by atoms with Gasteiger partial charge in [0.25, 0.3) is 0 Å². The molecule has 2 atom stereocenters. The molecule has 0 spiro atoms. The summed E-state index contributed by atoms with van der Waals surface area (Å²) < 4.78 is 4.90. The van der Waals surface area contributed by atoms with E-state index >= 15 is 0 Å². The van der Waals surface area contributed by atoms with E-state index in [-0.39, 0.29) is 11.9 Å². The zero-order valence-corrected chi connectivity index (χ0v) is 9.03. The van der Waals surface area contributed by atoms with Gasteiger partial charge in [0.15, 0.2) is 0 Å². The van der Waals surface area contributed by atoms with Gasteiger partial charge < -0.3 is 15.4 Å². The fourth-order valence-corrected chi connectivity index (χ4v) is 1.74. The molecule has 4 heteroatoms. The lowest BCUT2D eigenvalue weighted by molar-refractivity contribution is -0.132. The van der Waals surface area contributed by atoms with Crippen LogP contribution < -0.4 is 5.73 Å². The second kappa shape index (κ2) is 5.32. The van der Waals surface area contributed by atoms with Crippen LogP contribution in [-0.2, 0) is 9.53 Å². The number of hydrogen-bond donors (Lipinski definition) is 1. The van der Waals surface area contributed by atoms with E-state index in [4.69, 9.17) is 10.5 Å². The highest BCUT2D eigenvalue weighted by molar-refractivity contribution is 5.81. The van der Waals surface area contributed by atoms with Crippen LogP contribution in [0.15, 0.2) is 0 Å². The van der Waals surface area contributed by atoms with E-state index < -0.39 is 0 Å². The van der Waals surface area contributed by atoms with Gasteiger partial charge in [-0.3, -0.25) is 4.79 Å². The third-order valence-electron chi connectivity index (χ3n) is 2.69. The Morgan fingerprint density at radius 2 is 2.43 bits per heavy atom. The molecule has 1 fully saturated rings. The average Bonchev–Trinajstić information content (AvgIpc) is 2.60. The first kappa shape index (κ1) is 11.5. The van der Waals surface area contributed by atoms with E-state index in [1.54, 1.807) is 7.11 Å². The molecule has 0 aromatic carbocycles. The summed E-state index contributed by atoms with van der Waals surface area (Å²) in [6.45, 7) is 4.43. The predicted octanol–water partition coefficient (Wildman–Crippen LogP) is 0.219. The maximum atomic E-state index is 11.7. The molecule has 1 amide bonds. The molecule has 0 saturated carbocycles. The van der Waals surface area contributed by atoms with Gasteiger partial charge in [-0.1, -0.05) is 6.92 Å². The molecule has 1 saturated heterocycles. The van der Waals surface area contributed by atoms with Crippen molar-refractivity contribution < 1.29 is 9.53 Å². The lowest BCUT2D eigenvalue weighted by Crippen LogP contribution is -2.43. The van der Waals surface area contributed by atoms with E-state index in [0.29, 0.717) is 18.9 Å². The predicted molar refractivity (Wildman–Crippen MR) is 54.8 cm³/mol. The van der Waals surface area contributed by atoms with Gasteiger partial charge in [-0.15, -0.1) is 0 Å². The van der Waals surface area contributed by atoms with E-state index in [2.05, 4.69) is 6.92 Å². The Morgan fingerprint density at radius 3 is 2.93 bits per heavy atom. The molecular weight excluding hydrogens is 180 g/mol. The van der Waals surface area contributed by atoms with Crippen LogP contribution in [0.25, 0.3) is 0 Å². The molecule has 0 aliphatic carbocycles. The third-order valence-corrected chi connectivity index (χ3v) is 2.69. The van der Waals surface area contributed by atoms with Crippen molar-refractivity contribution in [3.63, 3.8) is 0 Å². The highest BCUT2D eigenvalue weighted by Gasteiger charge is 2.26. The van der Waals surface area contributed by atoms with Crippen LogP contribution in [0.2, 0.25) is 0 Å². The monoisotopic (exact) mass is 200 g/mol. The molecule has 0 bridgehead atoms. The number of hydrogen-bond acceptors (Lipinski definition) is 3. The van der Waals surface area contributed by atoms with Crippen LogP contribution >= 0.6 is 0 Å². The van der Waals surface area contributed by atoms with Crippen molar-refractivity contribution in [3.05, 3.63) is 0 Å². The minimum absolute atomic E-state index is 0.0754. The second-order valence-electron chi connectivity index (χ2n) is 4.07. The molecule has 2 unspecified atom stereocenters.